The molecule has 0 spiro atoms. The Kier molecular flexibility index (Phi) is 7.73. The zero-order valence-corrected chi connectivity index (χ0v) is 20.6. The van der Waals surface area contributed by atoms with Gasteiger partial charge in [0.1, 0.15) is 0 Å². The molecule has 5 nitrogen and oxygen atoms in total. The minimum Gasteiger partial charge on any atom is -0.325 e. The van der Waals surface area contributed by atoms with Crippen molar-refractivity contribution in [2.45, 2.75) is 50.6 Å². The Morgan fingerprint density at radius 3 is 2.55 bits per heavy atom. The van der Waals surface area contributed by atoms with E-state index in [1.54, 1.807) is 0 Å². The molecule has 1 atom stereocenters. The Morgan fingerprint density at radius 2 is 1.90 bits per heavy atom. The van der Waals surface area contributed by atoms with E-state index < -0.39 is 0 Å². The van der Waals surface area contributed by atoms with Crippen molar-refractivity contribution in [2.24, 2.45) is 0 Å². The number of aromatic nitrogens is 3. The number of para-hydroxylation sites is 1. The number of allylic oxidation sites excluding steroid dienone is 1. The van der Waals surface area contributed by atoms with Crippen LogP contribution < -0.4 is 5.32 Å². The Labute approximate surface area is 196 Å². The largest absolute Gasteiger partial charge is 0.325 e. The molecular formula is C24H27BrN4OS. The van der Waals surface area contributed by atoms with Crippen molar-refractivity contribution in [1.29, 1.82) is 0 Å². The summed E-state index contributed by atoms with van der Waals surface area (Å²) in [5.74, 6) is 1.02. The van der Waals surface area contributed by atoms with Crippen LogP contribution in [0.1, 0.15) is 37.8 Å². The molecule has 1 unspecified atom stereocenters. The van der Waals surface area contributed by atoms with Gasteiger partial charge in [-0.15, -0.1) is 16.8 Å². The molecule has 0 radical (unpaired) electrons. The Bertz CT molecular complexity index is 1080. The lowest BCUT2D eigenvalue weighted by Gasteiger charge is -2.18. The molecule has 0 bridgehead atoms. The smallest absolute Gasteiger partial charge is 0.237 e. The summed E-state index contributed by atoms with van der Waals surface area (Å²) in [5, 5.41) is 12.2. The minimum absolute atomic E-state index is 0.0560. The first-order chi connectivity index (χ1) is 14.8. The summed E-state index contributed by atoms with van der Waals surface area (Å²) in [5.41, 5.74) is 4.06. The standard InChI is InChI=1S/C24H27BrN4OS/c1-6-14-29-22(18-10-12-19(25)13-11-18)27-28-24(29)31-17(5)23(30)26-21-16(4)8-7-9-20(21)15(2)3/h6-13,15,17H,1,14H2,2-5H3,(H,26,30). The predicted molar refractivity (Wildman–Crippen MR) is 133 cm³/mol. The number of nitrogens with one attached hydrogen (secondary N) is 1. The molecule has 3 rings (SSSR count). The van der Waals surface area contributed by atoms with E-state index in [-0.39, 0.29) is 11.2 Å². The van der Waals surface area contributed by atoms with Crippen LogP contribution in [0.2, 0.25) is 0 Å². The van der Waals surface area contributed by atoms with Gasteiger partial charge in [-0.05, 0) is 43.0 Å². The molecule has 0 aliphatic carbocycles. The number of hydrogen-bond acceptors (Lipinski definition) is 4. The van der Waals surface area contributed by atoms with Crippen LogP contribution in [0.4, 0.5) is 5.69 Å². The van der Waals surface area contributed by atoms with Crippen molar-refractivity contribution in [3.05, 3.63) is 70.7 Å². The van der Waals surface area contributed by atoms with E-state index >= 15 is 0 Å². The van der Waals surface area contributed by atoms with Crippen LogP contribution in [0, 0.1) is 6.92 Å². The number of carbonyl (C=O) groups is 1. The second-order valence-electron chi connectivity index (χ2n) is 7.66. The minimum atomic E-state index is -0.342. The third-order valence-corrected chi connectivity index (χ3v) is 6.57. The maximum atomic E-state index is 13.0. The van der Waals surface area contributed by atoms with Crippen LogP contribution in [0.15, 0.2) is 64.7 Å². The molecule has 2 aromatic carbocycles. The number of rotatable bonds is 8. The van der Waals surface area contributed by atoms with E-state index in [1.165, 1.54) is 11.8 Å². The molecule has 1 aromatic heterocycles. The van der Waals surface area contributed by atoms with E-state index in [1.807, 2.05) is 60.9 Å². The number of amides is 1. The van der Waals surface area contributed by atoms with Crippen LogP contribution in [-0.4, -0.2) is 25.9 Å². The molecule has 3 aromatic rings. The lowest BCUT2D eigenvalue weighted by Crippen LogP contribution is -2.24. The highest BCUT2D eigenvalue weighted by molar-refractivity contribution is 9.10. The van der Waals surface area contributed by atoms with Crippen LogP contribution in [0.5, 0.6) is 0 Å². The number of aryl methyl sites for hydroxylation is 1. The van der Waals surface area contributed by atoms with Crippen LogP contribution >= 0.6 is 27.7 Å². The fraction of sp³-hybridized carbons (Fsp3) is 0.292. The van der Waals surface area contributed by atoms with Crippen LogP contribution in [0.3, 0.4) is 0 Å². The number of benzene rings is 2. The van der Waals surface area contributed by atoms with Crippen LogP contribution in [-0.2, 0) is 11.3 Å². The SMILES string of the molecule is C=CCn1c(SC(C)C(=O)Nc2c(C)cccc2C(C)C)nnc1-c1ccc(Br)cc1. The highest BCUT2D eigenvalue weighted by Crippen LogP contribution is 2.31. The summed E-state index contributed by atoms with van der Waals surface area (Å²) in [7, 11) is 0. The van der Waals surface area contributed by atoms with Gasteiger partial charge in [0.15, 0.2) is 11.0 Å². The number of halogens is 1. The first-order valence-electron chi connectivity index (χ1n) is 10.2. The van der Waals surface area contributed by atoms with Gasteiger partial charge >= 0.3 is 0 Å². The summed E-state index contributed by atoms with van der Waals surface area (Å²) in [4.78, 5) is 13.0. The molecule has 0 aliphatic heterocycles. The lowest BCUT2D eigenvalue weighted by atomic mass is 9.98. The fourth-order valence-corrected chi connectivity index (χ4v) is 4.38. The van der Waals surface area contributed by atoms with E-state index in [0.717, 1.165) is 32.7 Å². The van der Waals surface area contributed by atoms with E-state index in [4.69, 9.17) is 0 Å². The van der Waals surface area contributed by atoms with Crippen molar-refractivity contribution < 1.29 is 4.79 Å². The van der Waals surface area contributed by atoms with Crippen molar-refractivity contribution in [3.63, 3.8) is 0 Å². The lowest BCUT2D eigenvalue weighted by molar-refractivity contribution is -0.115. The average Bonchev–Trinajstić information content (AvgIpc) is 3.12. The third-order valence-electron chi connectivity index (χ3n) is 4.96. The summed E-state index contributed by atoms with van der Waals surface area (Å²) < 4.78 is 2.99. The maximum Gasteiger partial charge on any atom is 0.237 e. The number of anilines is 1. The van der Waals surface area contributed by atoms with Gasteiger partial charge in [-0.3, -0.25) is 9.36 Å². The Balaban J connectivity index is 1.82. The van der Waals surface area contributed by atoms with Crippen LogP contribution in [0.25, 0.3) is 11.4 Å². The Morgan fingerprint density at radius 1 is 1.19 bits per heavy atom. The quantitative estimate of drug-likeness (QED) is 0.286. The molecule has 1 N–H and O–H groups in total. The van der Waals surface area contributed by atoms with E-state index in [0.29, 0.717) is 17.6 Å². The van der Waals surface area contributed by atoms with Gasteiger partial charge < -0.3 is 5.32 Å². The van der Waals surface area contributed by atoms with Crippen molar-refractivity contribution in [1.82, 2.24) is 14.8 Å². The topological polar surface area (TPSA) is 59.8 Å². The fourth-order valence-electron chi connectivity index (χ4n) is 3.26. The second-order valence-corrected chi connectivity index (χ2v) is 9.88. The van der Waals surface area contributed by atoms with Crippen molar-refractivity contribution in [2.75, 3.05) is 5.32 Å². The van der Waals surface area contributed by atoms with Gasteiger partial charge in [0.2, 0.25) is 5.91 Å². The van der Waals surface area contributed by atoms with Gasteiger partial charge in [0.25, 0.3) is 0 Å². The first-order valence-corrected chi connectivity index (χ1v) is 11.9. The number of nitrogens with zero attached hydrogens (tertiary/aromatic N) is 3. The van der Waals surface area contributed by atoms with Crippen molar-refractivity contribution in [3.8, 4) is 11.4 Å². The molecule has 31 heavy (non-hydrogen) atoms. The normalized spacial score (nSPS) is 12.1. The number of thioether (sulfide) groups is 1. The second kappa shape index (κ2) is 10.3. The zero-order chi connectivity index (χ0) is 22.5. The molecule has 0 fully saturated rings. The van der Waals surface area contributed by atoms with Gasteiger partial charge in [0, 0.05) is 22.3 Å². The molecule has 162 valence electrons. The number of hydrogen-bond donors (Lipinski definition) is 1. The van der Waals surface area contributed by atoms with Crippen molar-refractivity contribution >= 4 is 39.3 Å². The first kappa shape index (κ1) is 23.3. The van der Waals surface area contributed by atoms with Gasteiger partial charge in [-0.2, -0.15) is 0 Å². The summed E-state index contributed by atoms with van der Waals surface area (Å²) in [6, 6.07) is 14.0. The molecule has 0 aliphatic rings. The van der Waals surface area contributed by atoms with Gasteiger partial charge in [0.05, 0.1) is 5.25 Å². The zero-order valence-electron chi connectivity index (χ0n) is 18.2. The highest BCUT2D eigenvalue weighted by atomic mass is 79.9. The predicted octanol–water partition coefficient (Wildman–Crippen LogP) is 6.44. The third kappa shape index (κ3) is 5.46. The molecule has 1 heterocycles. The highest BCUT2D eigenvalue weighted by Gasteiger charge is 2.22. The summed E-state index contributed by atoms with van der Waals surface area (Å²) in [6.07, 6.45) is 1.81. The van der Waals surface area contributed by atoms with Gasteiger partial charge in [-0.25, -0.2) is 0 Å². The molecule has 7 heteroatoms. The van der Waals surface area contributed by atoms with E-state index in [9.17, 15) is 4.79 Å². The summed E-state index contributed by atoms with van der Waals surface area (Å²) >= 11 is 4.86. The average molecular weight is 499 g/mol. The molecule has 1 amide bonds. The Hall–Kier alpha value is -2.38. The van der Waals surface area contributed by atoms with Gasteiger partial charge in [-0.1, -0.05) is 77.9 Å². The molecule has 0 saturated heterocycles. The molecule has 0 saturated carbocycles. The monoisotopic (exact) mass is 498 g/mol. The summed E-state index contributed by atoms with van der Waals surface area (Å²) in [6.45, 7) is 12.6. The maximum absolute atomic E-state index is 13.0. The number of carbonyl (C=O) groups excluding carboxylic acids is 1. The van der Waals surface area contributed by atoms with E-state index in [2.05, 4.69) is 57.9 Å². The molecular weight excluding hydrogens is 472 g/mol.